The summed E-state index contributed by atoms with van der Waals surface area (Å²) in [5, 5.41) is 15.0. The van der Waals surface area contributed by atoms with E-state index < -0.39 is 40.5 Å². The number of nitrogens with zero attached hydrogens (tertiary/aromatic N) is 5. The average molecular weight is 764 g/mol. The molecule has 0 radical (unpaired) electrons. The monoisotopic (exact) mass is 763 g/mol. The Labute approximate surface area is 323 Å². The first-order valence-corrected chi connectivity index (χ1v) is 19.0. The molecule has 55 heavy (non-hydrogen) atoms. The van der Waals surface area contributed by atoms with E-state index in [1.54, 1.807) is 30.5 Å². The van der Waals surface area contributed by atoms with Crippen molar-refractivity contribution in [2.75, 3.05) is 18.0 Å². The number of nitriles is 1. The number of hydrogen-bond acceptors (Lipinski definition) is 10. The molecule has 3 aromatic rings. The van der Waals surface area contributed by atoms with Crippen molar-refractivity contribution in [3.05, 3.63) is 87.2 Å². The maximum absolute atomic E-state index is 13.4. The van der Waals surface area contributed by atoms with Crippen LogP contribution in [0.2, 0.25) is 5.02 Å². The van der Waals surface area contributed by atoms with Gasteiger partial charge in [0, 0.05) is 61.6 Å². The van der Waals surface area contributed by atoms with Gasteiger partial charge in [0.05, 0.1) is 33.6 Å². The average Bonchev–Trinajstić information content (AvgIpc) is 3.69. The number of carbonyl (C=O) groups excluding carboxylic acids is 5. The van der Waals surface area contributed by atoms with Gasteiger partial charge < -0.3 is 15.0 Å². The SMILES string of the molecule is CC1(C)C(NC(=O)c2ccc(N3CCC(N4Cc5cc6c(cc5C4)C(=O)N(C4CCC(=O)NC4=O)C6=O)CC3)cn2)C(C)(C)C1Oc1ccc(C#N)c(Cl)c1. The molecule has 4 aliphatic heterocycles. The summed E-state index contributed by atoms with van der Waals surface area (Å²) < 4.78 is 6.36. The highest BCUT2D eigenvalue weighted by Gasteiger charge is 2.64. The van der Waals surface area contributed by atoms with Crippen molar-refractivity contribution in [2.45, 2.75) is 90.7 Å². The van der Waals surface area contributed by atoms with Crippen LogP contribution in [-0.4, -0.2) is 81.6 Å². The van der Waals surface area contributed by atoms with Crippen LogP contribution in [0.4, 0.5) is 5.69 Å². The fourth-order valence-electron chi connectivity index (χ4n) is 9.65. The number of rotatable bonds is 7. The molecule has 1 saturated carbocycles. The number of carbonyl (C=O) groups is 5. The first kappa shape index (κ1) is 36.6. The van der Waals surface area contributed by atoms with Crippen LogP contribution in [0.3, 0.4) is 0 Å². The Bertz CT molecular complexity index is 2130. The van der Waals surface area contributed by atoms with Gasteiger partial charge in [0.1, 0.15) is 29.7 Å². The minimum Gasteiger partial charge on any atom is -0.489 e. The Hall–Kier alpha value is -5.32. The summed E-state index contributed by atoms with van der Waals surface area (Å²) in [5.41, 5.74) is 3.55. The van der Waals surface area contributed by atoms with Crippen molar-refractivity contribution in [3.8, 4) is 11.8 Å². The van der Waals surface area contributed by atoms with E-state index in [0.29, 0.717) is 52.3 Å². The standard InChI is InChI=1S/C41H42ClN7O6/c1-40(2)38(41(3,4)39(40)55-27-7-5-22(18-43)30(42)17-27)46-34(51)31-8-6-26(19-44-31)47-13-11-25(12-14-47)48-20-23-15-28-29(16-24(23)21-48)37(54)49(36(28)53)32-9-10-33(50)45-35(32)52/h5-8,15-17,19,25,32,38-39H,9-14,20-21H2,1-4H3,(H,46,51)(H,45,50,52). The molecule has 0 bridgehead atoms. The lowest BCUT2D eigenvalue weighted by molar-refractivity contribution is -0.164. The van der Waals surface area contributed by atoms with E-state index in [9.17, 15) is 29.2 Å². The molecule has 3 fully saturated rings. The van der Waals surface area contributed by atoms with Gasteiger partial charge >= 0.3 is 0 Å². The number of amides is 5. The largest absolute Gasteiger partial charge is 0.489 e. The molecule has 5 amide bonds. The van der Waals surface area contributed by atoms with Gasteiger partial charge in [0.25, 0.3) is 17.7 Å². The third-order valence-electron chi connectivity index (χ3n) is 12.3. The number of imide groups is 2. The number of aromatic nitrogens is 1. The van der Waals surface area contributed by atoms with E-state index in [-0.39, 0.29) is 30.9 Å². The molecule has 1 atom stereocenters. The smallest absolute Gasteiger partial charge is 0.270 e. The van der Waals surface area contributed by atoms with Crippen LogP contribution < -0.4 is 20.3 Å². The van der Waals surface area contributed by atoms with Crippen LogP contribution in [0.25, 0.3) is 0 Å². The third-order valence-corrected chi connectivity index (χ3v) is 12.6. The lowest BCUT2D eigenvalue weighted by Gasteiger charge is -2.63. The number of hydrogen-bond donors (Lipinski definition) is 2. The van der Waals surface area contributed by atoms with Crippen LogP contribution >= 0.6 is 11.6 Å². The van der Waals surface area contributed by atoms with E-state index in [1.165, 1.54) is 0 Å². The molecule has 1 unspecified atom stereocenters. The molecule has 8 rings (SSSR count). The Morgan fingerprint density at radius 3 is 2.16 bits per heavy atom. The summed E-state index contributed by atoms with van der Waals surface area (Å²) in [6, 6.07) is 13.6. The molecule has 1 aliphatic carbocycles. The van der Waals surface area contributed by atoms with Gasteiger partial charge in [0.2, 0.25) is 11.8 Å². The van der Waals surface area contributed by atoms with Crippen molar-refractivity contribution < 1.29 is 28.7 Å². The zero-order valence-electron chi connectivity index (χ0n) is 31.1. The maximum atomic E-state index is 13.4. The third kappa shape index (κ3) is 6.21. The minimum absolute atomic E-state index is 0.0863. The van der Waals surface area contributed by atoms with E-state index in [4.69, 9.17) is 16.3 Å². The normalized spacial score (nSPS) is 24.5. The second kappa shape index (κ2) is 13.5. The molecular weight excluding hydrogens is 722 g/mol. The second-order valence-electron chi connectivity index (χ2n) is 16.4. The molecule has 2 saturated heterocycles. The van der Waals surface area contributed by atoms with Gasteiger partial charge in [0.15, 0.2) is 0 Å². The summed E-state index contributed by atoms with van der Waals surface area (Å²) in [4.78, 5) is 74.4. The molecule has 5 aliphatic rings. The number of nitrogens with one attached hydrogen (secondary N) is 2. The van der Waals surface area contributed by atoms with Gasteiger partial charge in [-0.2, -0.15) is 5.26 Å². The minimum atomic E-state index is -0.977. The zero-order valence-corrected chi connectivity index (χ0v) is 31.9. The fraction of sp³-hybridized carbons (Fsp3) is 0.439. The Morgan fingerprint density at radius 1 is 0.945 bits per heavy atom. The van der Waals surface area contributed by atoms with Crippen LogP contribution in [-0.2, 0) is 22.7 Å². The number of ether oxygens (including phenoxy) is 1. The van der Waals surface area contributed by atoms with Gasteiger partial charge in [-0.15, -0.1) is 0 Å². The molecular formula is C41H42ClN7O6. The summed E-state index contributed by atoms with van der Waals surface area (Å²) in [6.07, 6.45) is 3.60. The number of fused-ring (bicyclic) bond motifs is 2. The van der Waals surface area contributed by atoms with E-state index in [2.05, 4.69) is 59.2 Å². The van der Waals surface area contributed by atoms with Gasteiger partial charge in [-0.05, 0) is 66.8 Å². The first-order valence-electron chi connectivity index (χ1n) is 18.7. The highest BCUT2D eigenvalue weighted by atomic mass is 35.5. The lowest BCUT2D eigenvalue weighted by Crippen LogP contribution is -2.74. The van der Waals surface area contributed by atoms with E-state index >= 15 is 0 Å². The molecule has 13 nitrogen and oxygen atoms in total. The maximum Gasteiger partial charge on any atom is 0.270 e. The highest BCUT2D eigenvalue weighted by molar-refractivity contribution is 6.31. The van der Waals surface area contributed by atoms with Crippen molar-refractivity contribution in [1.29, 1.82) is 5.26 Å². The van der Waals surface area contributed by atoms with Crippen LogP contribution in [0, 0.1) is 22.2 Å². The molecule has 284 valence electrons. The number of benzene rings is 2. The molecule has 0 spiro atoms. The van der Waals surface area contributed by atoms with Gasteiger partial charge in [-0.1, -0.05) is 39.3 Å². The fourth-order valence-corrected chi connectivity index (χ4v) is 9.86. The zero-order chi connectivity index (χ0) is 39.0. The summed E-state index contributed by atoms with van der Waals surface area (Å²) >= 11 is 6.24. The van der Waals surface area contributed by atoms with Crippen molar-refractivity contribution >= 4 is 46.8 Å². The molecule has 5 heterocycles. The Morgan fingerprint density at radius 2 is 1.60 bits per heavy atom. The van der Waals surface area contributed by atoms with Crippen LogP contribution in [0.1, 0.15) is 101 Å². The van der Waals surface area contributed by atoms with Crippen molar-refractivity contribution in [1.82, 2.24) is 25.4 Å². The predicted molar refractivity (Wildman–Crippen MR) is 201 cm³/mol. The number of piperidine rings is 2. The molecule has 14 heteroatoms. The van der Waals surface area contributed by atoms with Crippen molar-refractivity contribution in [3.63, 3.8) is 0 Å². The number of anilines is 1. The van der Waals surface area contributed by atoms with Gasteiger partial charge in [-0.3, -0.25) is 39.1 Å². The van der Waals surface area contributed by atoms with Crippen LogP contribution in [0.15, 0.2) is 48.7 Å². The summed E-state index contributed by atoms with van der Waals surface area (Å²) in [6.45, 7) is 11.2. The quantitative estimate of drug-likeness (QED) is 0.325. The summed E-state index contributed by atoms with van der Waals surface area (Å²) in [7, 11) is 0. The highest BCUT2D eigenvalue weighted by Crippen LogP contribution is 2.55. The van der Waals surface area contributed by atoms with E-state index in [0.717, 1.165) is 47.6 Å². The molecule has 2 aromatic carbocycles. The number of pyridine rings is 1. The first-order chi connectivity index (χ1) is 26.2. The summed E-state index contributed by atoms with van der Waals surface area (Å²) in [5.74, 6) is -1.65. The Balaban J connectivity index is 0.846. The van der Waals surface area contributed by atoms with Gasteiger partial charge in [-0.25, -0.2) is 4.98 Å². The van der Waals surface area contributed by atoms with Crippen LogP contribution in [0.5, 0.6) is 5.75 Å². The topological polar surface area (TPSA) is 165 Å². The predicted octanol–water partition coefficient (Wildman–Crippen LogP) is 4.60. The Kier molecular flexibility index (Phi) is 8.97. The van der Waals surface area contributed by atoms with Crippen molar-refractivity contribution in [2.24, 2.45) is 10.8 Å². The lowest BCUT2D eigenvalue weighted by atomic mass is 9.49. The number of halogens is 1. The molecule has 1 aromatic heterocycles. The van der Waals surface area contributed by atoms with E-state index in [1.807, 2.05) is 18.2 Å². The molecule has 2 N–H and O–H groups in total. The second-order valence-corrected chi connectivity index (χ2v) is 16.8.